The maximum absolute atomic E-state index is 11.4. The molecule has 1 unspecified atom stereocenters. The number of hydrogen-bond donors (Lipinski definition) is 1. The second-order valence-corrected chi connectivity index (χ2v) is 5.13. The first-order valence-corrected chi connectivity index (χ1v) is 5.83. The third-order valence-electron chi connectivity index (χ3n) is 1.83. The van der Waals surface area contributed by atoms with Crippen molar-refractivity contribution in [1.29, 1.82) is 0 Å². The molecule has 0 saturated carbocycles. The summed E-state index contributed by atoms with van der Waals surface area (Å²) in [4.78, 5) is 10.7. The molecule has 1 rings (SSSR count). The third-order valence-corrected chi connectivity index (χ3v) is 3.62. The Morgan fingerprint density at radius 3 is 2.71 bits per heavy atom. The van der Waals surface area contributed by atoms with Crippen molar-refractivity contribution in [1.82, 2.24) is 9.03 Å². The van der Waals surface area contributed by atoms with Gasteiger partial charge in [0.2, 0.25) is 0 Å². The van der Waals surface area contributed by atoms with Crippen molar-refractivity contribution in [3.05, 3.63) is 0 Å². The van der Waals surface area contributed by atoms with Crippen molar-refractivity contribution < 1.29 is 17.9 Å². The zero-order chi connectivity index (χ0) is 10.8. The van der Waals surface area contributed by atoms with E-state index in [0.29, 0.717) is 13.0 Å². The van der Waals surface area contributed by atoms with Gasteiger partial charge >= 0.3 is 16.3 Å². The molecule has 1 aliphatic rings. The highest BCUT2D eigenvalue weighted by atomic mass is 35.5. The molecule has 0 spiro atoms. The number of methoxy groups -OCH3 is 1. The minimum atomic E-state index is -3.78. The van der Waals surface area contributed by atoms with Crippen LogP contribution in [0, 0.1) is 0 Å². The molecule has 1 N–H and O–H groups in total. The average molecular weight is 243 g/mol. The fraction of sp³-hybridized carbons (Fsp3) is 0.833. The average Bonchev–Trinajstić information content (AvgIpc) is 2.51. The zero-order valence-electron chi connectivity index (χ0n) is 7.57. The maximum Gasteiger partial charge on any atom is 0.421 e. The van der Waals surface area contributed by atoms with Gasteiger partial charge in [-0.2, -0.15) is 12.7 Å². The second kappa shape index (κ2) is 4.33. The van der Waals surface area contributed by atoms with Gasteiger partial charge in [0, 0.05) is 18.5 Å². The number of nitrogens with one attached hydrogen (secondary N) is 1. The smallest absolute Gasteiger partial charge is 0.421 e. The predicted octanol–water partition coefficient (Wildman–Crippen LogP) is -0.0997. The molecular weight excluding hydrogens is 232 g/mol. The Bertz CT molecular complexity index is 318. The van der Waals surface area contributed by atoms with E-state index in [1.807, 2.05) is 0 Å². The number of rotatable bonds is 2. The number of amides is 1. The van der Waals surface area contributed by atoms with Crippen molar-refractivity contribution >= 4 is 27.9 Å². The summed E-state index contributed by atoms with van der Waals surface area (Å²) in [6, 6.07) is 0. The van der Waals surface area contributed by atoms with Gasteiger partial charge in [0.15, 0.2) is 0 Å². The van der Waals surface area contributed by atoms with Gasteiger partial charge in [-0.25, -0.2) is 9.52 Å². The Labute approximate surface area is 87.3 Å². The summed E-state index contributed by atoms with van der Waals surface area (Å²) in [7, 11) is -2.68. The lowest BCUT2D eigenvalue weighted by atomic mass is 10.4. The second-order valence-electron chi connectivity index (χ2n) is 2.84. The Morgan fingerprint density at radius 1 is 1.64 bits per heavy atom. The highest BCUT2D eigenvalue weighted by molar-refractivity contribution is 7.87. The van der Waals surface area contributed by atoms with E-state index in [9.17, 15) is 13.2 Å². The Morgan fingerprint density at radius 2 is 2.29 bits per heavy atom. The predicted molar refractivity (Wildman–Crippen MR) is 50.3 cm³/mol. The van der Waals surface area contributed by atoms with Crippen LogP contribution in [0.3, 0.4) is 0 Å². The van der Waals surface area contributed by atoms with Crippen LogP contribution < -0.4 is 4.72 Å². The topological polar surface area (TPSA) is 75.7 Å². The molecule has 1 amide bonds. The van der Waals surface area contributed by atoms with Gasteiger partial charge in [-0.3, -0.25) is 0 Å². The number of halogens is 1. The van der Waals surface area contributed by atoms with Crippen LogP contribution in [0.4, 0.5) is 4.79 Å². The van der Waals surface area contributed by atoms with Crippen molar-refractivity contribution in [2.45, 2.75) is 11.8 Å². The minimum Gasteiger partial charge on any atom is -0.452 e. The molecule has 0 aromatic rings. The first-order valence-electron chi connectivity index (χ1n) is 3.95. The van der Waals surface area contributed by atoms with E-state index in [1.165, 1.54) is 0 Å². The van der Waals surface area contributed by atoms with Gasteiger partial charge < -0.3 is 4.74 Å². The molecule has 1 fully saturated rings. The summed E-state index contributed by atoms with van der Waals surface area (Å²) in [5, 5.41) is -0.191. The normalized spacial score (nSPS) is 23.4. The summed E-state index contributed by atoms with van der Waals surface area (Å²) in [5.74, 6) is 0. The van der Waals surface area contributed by atoms with Gasteiger partial charge in [-0.15, -0.1) is 11.6 Å². The van der Waals surface area contributed by atoms with E-state index in [-0.39, 0.29) is 11.9 Å². The molecule has 0 bridgehead atoms. The first-order chi connectivity index (χ1) is 6.45. The molecule has 1 heterocycles. The van der Waals surface area contributed by atoms with E-state index in [0.717, 1.165) is 11.4 Å². The quantitative estimate of drug-likeness (QED) is 0.686. The number of carbonyl (C=O) groups excluding carboxylic acids is 1. The van der Waals surface area contributed by atoms with Crippen molar-refractivity contribution in [3.8, 4) is 0 Å². The highest BCUT2D eigenvalue weighted by Crippen LogP contribution is 2.16. The number of hydrogen-bond acceptors (Lipinski definition) is 4. The molecule has 1 saturated heterocycles. The van der Waals surface area contributed by atoms with Gasteiger partial charge in [0.1, 0.15) is 0 Å². The van der Waals surface area contributed by atoms with Crippen molar-refractivity contribution in [2.75, 3.05) is 20.2 Å². The lowest BCUT2D eigenvalue weighted by Gasteiger charge is -2.15. The molecule has 0 radical (unpaired) electrons. The van der Waals surface area contributed by atoms with Crippen molar-refractivity contribution in [2.24, 2.45) is 0 Å². The van der Waals surface area contributed by atoms with Crippen LogP contribution in [-0.4, -0.2) is 44.4 Å². The van der Waals surface area contributed by atoms with Crippen LogP contribution in [-0.2, 0) is 14.9 Å². The zero-order valence-corrected chi connectivity index (χ0v) is 9.14. The molecule has 14 heavy (non-hydrogen) atoms. The van der Waals surface area contributed by atoms with Crippen LogP contribution in [0.5, 0.6) is 0 Å². The number of carbonyl (C=O) groups is 1. The lowest BCUT2D eigenvalue weighted by molar-refractivity contribution is 0.177. The monoisotopic (exact) mass is 242 g/mol. The van der Waals surface area contributed by atoms with Crippen LogP contribution in [0.15, 0.2) is 0 Å². The Kier molecular flexibility index (Phi) is 3.57. The Balaban J connectivity index is 2.62. The molecule has 1 aliphatic heterocycles. The SMILES string of the molecule is COC(=O)NS(=O)(=O)N1CCC(Cl)C1. The Hall–Kier alpha value is -0.530. The molecule has 8 heteroatoms. The molecule has 82 valence electrons. The minimum absolute atomic E-state index is 0.191. The molecule has 6 nitrogen and oxygen atoms in total. The molecular formula is C6H11ClN2O4S. The van der Waals surface area contributed by atoms with Gasteiger partial charge in [-0.05, 0) is 6.42 Å². The fourth-order valence-corrected chi connectivity index (χ4v) is 2.61. The highest BCUT2D eigenvalue weighted by Gasteiger charge is 2.31. The first kappa shape index (κ1) is 11.5. The maximum atomic E-state index is 11.4. The number of nitrogens with zero attached hydrogens (tertiary/aromatic N) is 1. The van der Waals surface area contributed by atoms with Crippen LogP contribution in [0.1, 0.15) is 6.42 Å². The van der Waals surface area contributed by atoms with Gasteiger partial charge in [-0.1, -0.05) is 0 Å². The molecule has 0 aromatic heterocycles. The lowest BCUT2D eigenvalue weighted by Crippen LogP contribution is -2.42. The standard InChI is InChI=1S/C6H11ClN2O4S/c1-13-6(10)8-14(11,12)9-3-2-5(7)4-9/h5H,2-4H2,1H3,(H,8,10). The van der Waals surface area contributed by atoms with Crippen LogP contribution in [0.25, 0.3) is 0 Å². The fourth-order valence-electron chi connectivity index (χ4n) is 1.12. The van der Waals surface area contributed by atoms with E-state index in [1.54, 1.807) is 4.72 Å². The summed E-state index contributed by atoms with van der Waals surface area (Å²) < 4.78 is 29.8. The number of ether oxygens (including phenoxy) is 1. The van der Waals surface area contributed by atoms with E-state index < -0.39 is 16.3 Å². The summed E-state index contributed by atoms with van der Waals surface area (Å²) in [6.07, 6.45) is -0.410. The van der Waals surface area contributed by atoms with E-state index in [2.05, 4.69) is 4.74 Å². The summed E-state index contributed by atoms with van der Waals surface area (Å²) in [6.45, 7) is 0.536. The summed E-state index contributed by atoms with van der Waals surface area (Å²) >= 11 is 5.73. The molecule has 0 aliphatic carbocycles. The van der Waals surface area contributed by atoms with Crippen molar-refractivity contribution in [3.63, 3.8) is 0 Å². The van der Waals surface area contributed by atoms with E-state index >= 15 is 0 Å². The summed E-state index contributed by atoms with van der Waals surface area (Å²) in [5.41, 5.74) is 0. The van der Waals surface area contributed by atoms with E-state index in [4.69, 9.17) is 11.6 Å². The molecule has 0 aromatic carbocycles. The van der Waals surface area contributed by atoms with Crippen LogP contribution in [0.2, 0.25) is 0 Å². The number of alkyl halides is 1. The largest absolute Gasteiger partial charge is 0.452 e. The van der Waals surface area contributed by atoms with Gasteiger partial charge in [0.05, 0.1) is 7.11 Å². The van der Waals surface area contributed by atoms with Crippen LogP contribution >= 0.6 is 11.6 Å². The molecule has 1 atom stereocenters. The third kappa shape index (κ3) is 2.73. The van der Waals surface area contributed by atoms with Gasteiger partial charge in [0.25, 0.3) is 0 Å².